The van der Waals surface area contributed by atoms with E-state index in [1.54, 1.807) is 0 Å². The molecule has 0 fully saturated rings. The molecule has 2 N–H and O–H groups in total. The second kappa shape index (κ2) is 4.49. The van der Waals surface area contributed by atoms with Crippen LogP contribution >= 0.6 is 0 Å². The summed E-state index contributed by atoms with van der Waals surface area (Å²) >= 11 is 0. The predicted molar refractivity (Wildman–Crippen MR) is 60.0 cm³/mol. The average molecular weight is 195 g/mol. The Kier molecular flexibility index (Phi) is 3.55. The Bertz CT molecular complexity index is 269. The van der Waals surface area contributed by atoms with Crippen LogP contribution in [0.3, 0.4) is 0 Å². The highest BCUT2D eigenvalue weighted by molar-refractivity contribution is 5.35. The topological polar surface area (TPSA) is 43.8 Å². The zero-order valence-corrected chi connectivity index (χ0v) is 9.62. The Balaban J connectivity index is 2.51. The van der Waals surface area contributed by atoms with Crippen LogP contribution in [0.2, 0.25) is 0 Å². The van der Waals surface area contributed by atoms with Gasteiger partial charge in [-0.1, -0.05) is 20.8 Å². The maximum absolute atomic E-state index is 5.69. The first-order chi connectivity index (χ1) is 6.49. The van der Waals surface area contributed by atoms with Gasteiger partial charge in [-0.2, -0.15) is 5.10 Å². The van der Waals surface area contributed by atoms with Crippen LogP contribution in [0, 0.1) is 18.8 Å². The van der Waals surface area contributed by atoms with Crippen LogP contribution in [0.4, 0.5) is 5.82 Å². The maximum Gasteiger partial charge on any atom is 0.148 e. The number of anilines is 1. The molecule has 0 aliphatic carbocycles. The lowest BCUT2D eigenvalue weighted by molar-refractivity contribution is 0.374. The second-order valence-corrected chi connectivity index (χ2v) is 4.65. The second-order valence-electron chi connectivity index (χ2n) is 4.65. The van der Waals surface area contributed by atoms with Crippen molar-refractivity contribution in [3.63, 3.8) is 0 Å². The number of nitrogens with two attached hydrogens (primary N) is 1. The van der Waals surface area contributed by atoms with Gasteiger partial charge in [-0.15, -0.1) is 0 Å². The molecule has 0 aromatic carbocycles. The smallest absolute Gasteiger partial charge is 0.148 e. The molecule has 3 nitrogen and oxygen atoms in total. The molecule has 0 aliphatic heterocycles. The Morgan fingerprint density at radius 2 is 2.07 bits per heavy atom. The van der Waals surface area contributed by atoms with Crippen LogP contribution in [0.1, 0.15) is 32.8 Å². The lowest BCUT2D eigenvalue weighted by Crippen LogP contribution is -2.10. The first kappa shape index (κ1) is 11.1. The largest absolute Gasteiger partial charge is 0.382 e. The van der Waals surface area contributed by atoms with Crippen molar-refractivity contribution >= 4 is 5.82 Å². The van der Waals surface area contributed by atoms with Crippen molar-refractivity contribution < 1.29 is 0 Å². The fourth-order valence-electron chi connectivity index (χ4n) is 1.83. The third-order valence-electron chi connectivity index (χ3n) is 2.36. The Labute approximate surface area is 86.3 Å². The standard InChI is InChI=1S/C11H21N3/c1-8(2)5-9(3)6-14-7-10(4)11(12)13-14/h7-9H,5-6H2,1-4H3,(H2,12,13). The average Bonchev–Trinajstić information content (AvgIpc) is 2.28. The van der Waals surface area contributed by atoms with Gasteiger partial charge < -0.3 is 5.73 Å². The third-order valence-corrected chi connectivity index (χ3v) is 2.36. The lowest BCUT2D eigenvalue weighted by atomic mass is 9.99. The molecule has 1 rings (SSSR count). The Morgan fingerprint density at radius 3 is 2.50 bits per heavy atom. The first-order valence-electron chi connectivity index (χ1n) is 5.28. The summed E-state index contributed by atoms with van der Waals surface area (Å²) in [5.74, 6) is 2.06. The zero-order valence-electron chi connectivity index (χ0n) is 9.62. The molecule has 0 saturated heterocycles. The minimum atomic E-state index is 0.654. The molecule has 0 saturated carbocycles. The van der Waals surface area contributed by atoms with E-state index in [-0.39, 0.29) is 0 Å². The summed E-state index contributed by atoms with van der Waals surface area (Å²) in [5.41, 5.74) is 6.76. The van der Waals surface area contributed by atoms with Crippen LogP contribution in [0.5, 0.6) is 0 Å². The minimum absolute atomic E-state index is 0.654. The van der Waals surface area contributed by atoms with E-state index >= 15 is 0 Å². The fraction of sp³-hybridized carbons (Fsp3) is 0.727. The van der Waals surface area contributed by atoms with Crippen molar-refractivity contribution in [3.8, 4) is 0 Å². The number of hydrogen-bond acceptors (Lipinski definition) is 2. The highest BCUT2D eigenvalue weighted by Crippen LogP contribution is 2.14. The van der Waals surface area contributed by atoms with Gasteiger partial charge in [0.05, 0.1) is 0 Å². The van der Waals surface area contributed by atoms with Crippen LogP contribution in [-0.2, 0) is 6.54 Å². The molecule has 0 spiro atoms. The summed E-state index contributed by atoms with van der Waals surface area (Å²) in [4.78, 5) is 0. The van der Waals surface area contributed by atoms with E-state index in [9.17, 15) is 0 Å². The van der Waals surface area contributed by atoms with Gasteiger partial charge >= 0.3 is 0 Å². The Morgan fingerprint density at radius 1 is 1.43 bits per heavy atom. The van der Waals surface area contributed by atoms with Gasteiger partial charge in [0.25, 0.3) is 0 Å². The number of aryl methyl sites for hydroxylation is 1. The number of nitrogen functional groups attached to an aromatic ring is 1. The van der Waals surface area contributed by atoms with Crippen molar-refractivity contribution in [2.45, 2.75) is 40.7 Å². The van der Waals surface area contributed by atoms with E-state index in [1.165, 1.54) is 6.42 Å². The molecular weight excluding hydrogens is 174 g/mol. The van der Waals surface area contributed by atoms with E-state index in [4.69, 9.17) is 5.73 Å². The predicted octanol–water partition coefficient (Wildman–Crippen LogP) is 2.46. The molecule has 80 valence electrons. The van der Waals surface area contributed by atoms with Crippen LogP contribution in [-0.4, -0.2) is 9.78 Å². The third kappa shape index (κ3) is 3.05. The summed E-state index contributed by atoms with van der Waals surface area (Å²) in [6.45, 7) is 9.72. The molecule has 1 aromatic rings. The first-order valence-corrected chi connectivity index (χ1v) is 5.28. The highest BCUT2D eigenvalue weighted by atomic mass is 15.3. The summed E-state index contributed by atoms with van der Waals surface area (Å²) in [5, 5.41) is 4.25. The van der Waals surface area contributed by atoms with E-state index < -0.39 is 0 Å². The van der Waals surface area contributed by atoms with Gasteiger partial charge in [-0.25, -0.2) is 0 Å². The van der Waals surface area contributed by atoms with Crippen LogP contribution in [0.25, 0.3) is 0 Å². The molecular formula is C11H21N3. The molecule has 3 heteroatoms. The van der Waals surface area contributed by atoms with Gasteiger partial charge in [-0.05, 0) is 25.2 Å². The maximum atomic E-state index is 5.69. The number of hydrogen-bond donors (Lipinski definition) is 1. The van der Waals surface area contributed by atoms with E-state index in [0.717, 1.165) is 18.0 Å². The lowest BCUT2D eigenvalue weighted by Gasteiger charge is -2.13. The summed E-state index contributed by atoms with van der Waals surface area (Å²) in [6, 6.07) is 0. The molecule has 1 unspecified atom stereocenters. The highest BCUT2D eigenvalue weighted by Gasteiger charge is 2.07. The van der Waals surface area contributed by atoms with Crippen molar-refractivity contribution in [2.75, 3.05) is 5.73 Å². The van der Waals surface area contributed by atoms with Gasteiger partial charge in [0.2, 0.25) is 0 Å². The molecule has 1 heterocycles. The van der Waals surface area contributed by atoms with Crippen LogP contribution < -0.4 is 5.73 Å². The number of aromatic nitrogens is 2. The summed E-state index contributed by atoms with van der Waals surface area (Å²) < 4.78 is 1.96. The quantitative estimate of drug-likeness (QED) is 0.802. The minimum Gasteiger partial charge on any atom is -0.382 e. The molecule has 14 heavy (non-hydrogen) atoms. The van der Waals surface area contributed by atoms with Gasteiger partial charge in [0.1, 0.15) is 5.82 Å². The fourth-order valence-corrected chi connectivity index (χ4v) is 1.83. The van der Waals surface area contributed by atoms with Crippen molar-refractivity contribution in [3.05, 3.63) is 11.8 Å². The van der Waals surface area contributed by atoms with Gasteiger partial charge in [0, 0.05) is 18.3 Å². The normalized spacial score (nSPS) is 13.5. The molecule has 0 bridgehead atoms. The molecule has 0 radical (unpaired) electrons. The summed E-state index contributed by atoms with van der Waals surface area (Å²) in [6.07, 6.45) is 3.25. The zero-order chi connectivity index (χ0) is 10.7. The van der Waals surface area contributed by atoms with Crippen molar-refractivity contribution in [2.24, 2.45) is 11.8 Å². The molecule has 1 atom stereocenters. The van der Waals surface area contributed by atoms with E-state index in [0.29, 0.717) is 11.7 Å². The number of rotatable bonds is 4. The Hall–Kier alpha value is -0.990. The van der Waals surface area contributed by atoms with E-state index in [2.05, 4.69) is 25.9 Å². The van der Waals surface area contributed by atoms with E-state index in [1.807, 2.05) is 17.8 Å². The van der Waals surface area contributed by atoms with Gasteiger partial charge in [0.15, 0.2) is 0 Å². The monoisotopic (exact) mass is 195 g/mol. The SMILES string of the molecule is Cc1cn(CC(C)CC(C)C)nc1N. The van der Waals surface area contributed by atoms with Crippen LogP contribution in [0.15, 0.2) is 6.20 Å². The number of nitrogens with zero attached hydrogens (tertiary/aromatic N) is 2. The summed E-state index contributed by atoms with van der Waals surface area (Å²) in [7, 11) is 0. The van der Waals surface area contributed by atoms with Gasteiger partial charge in [-0.3, -0.25) is 4.68 Å². The molecule has 1 aromatic heterocycles. The molecule has 0 amide bonds. The van der Waals surface area contributed by atoms with Crippen molar-refractivity contribution in [1.82, 2.24) is 9.78 Å². The molecule has 0 aliphatic rings. The van der Waals surface area contributed by atoms with Crippen molar-refractivity contribution in [1.29, 1.82) is 0 Å².